The van der Waals surface area contributed by atoms with E-state index in [4.69, 9.17) is 0 Å². The van der Waals surface area contributed by atoms with E-state index in [1.807, 2.05) is 0 Å². The Kier molecular flexibility index (Phi) is 8.93. The van der Waals surface area contributed by atoms with Gasteiger partial charge in [0.25, 0.3) is 0 Å². The fourth-order valence-corrected chi connectivity index (χ4v) is 4.22. The summed E-state index contributed by atoms with van der Waals surface area (Å²) in [5.74, 6) is 0. The molecule has 0 fully saturated rings. The Hall–Kier alpha value is -2.64. The first kappa shape index (κ1) is 22.1. The third-order valence-corrected chi connectivity index (χ3v) is 5.74. The molecule has 3 aromatic carbocycles. The van der Waals surface area contributed by atoms with E-state index < -0.39 is 0 Å². The number of allylic oxidation sites excluding steroid dienone is 1. The second-order valence-corrected chi connectivity index (χ2v) is 8.40. The van der Waals surface area contributed by atoms with Gasteiger partial charge in [-0.3, -0.25) is 0 Å². The maximum absolute atomic E-state index is 2.41. The third kappa shape index (κ3) is 7.31. The summed E-state index contributed by atoms with van der Waals surface area (Å²) in [6.45, 7) is 6.55. The zero-order valence-electron chi connectivity index (χ0n) is 18.4. The van der Waals surface area contributed by atoms with E-state index in [-0.39, 0.29) is 0 Å². The topological polar surface area (TPSA) is 0 Å². The predicted octanol–water partition coefficient (Wildman–Crippen LogP) is 7.54. The van der Waals surface area contributed by atoms with Crippen LogP contribution in [0, 0.1) is 0 Å². The lowest BCUT2D eigenvalue weighted by Crippen LogP contribution is -2.46. The molecule has 0 N–H and O–H groups in total. The number of hydrogen-bond donors (Lipinski definition) is 0. The monoisotopic (exact) mass is 398 g/mol. The quantitative estimate of drug-likeness (QED) is 0.168. The number of nitrogens with zero attached hydrogens (tertiary/aromatic N) is 1. The van der Waals surface area contributed by atoms with Crippen molar-refractivity contribution in [2.24, 2.45) is 0 Å². The molecule has 156 valence electrons. The summed E-state index contributed by atoms with van der Waals surface area (Å²) in [4.78, 5) is 0. The van der Waals surface area contributed by atoms with Gasteiger partial charge in [0.05, 0.1) is 6.54 Å². The number of rotatable bonds is 12. The summed E-state index contributed by atoms with van der Waals surface area (Å²) in [6, 6.07) is 33.0. The Morgan fingerprint density at radius 2 is 0.967 bits per heavy atom. The lowest BCUT2D eigenvalue weighted by molar-refractivity contribution is -0.965. The van der Waals surface area contributed by atoms with E-state index in [1.54, 1.807) is 0 Å². The highest BCUT2D eigenvalue weighted by molar-refractivity contribution is 5.17. The molecule has 0 saturated carbocycles. The Morgan fingerprint density at radius 1 is 0.567 bits per heavy atom. The van der Waals surface area contributed by atoms with Gasteiger partial charge in [-0.05, 0) is 6.42 Å². The van der Waals surface area contributed by atoms with Crippen LogP contribution in [-0.4, -0.2) is 11.0 Å². The molecule has 0 aliphatic rings. The van der Waals surface area contributed by atoms with Gasteiger partial charge in [0, 0.05) is 23.1 Å². The number of unbranched alkanes of at least 4 members (excludes halogenated alkanes) is 2. The average molecular weight is 399 g/mol. The summed E-state index contributed by atoms with van der Waals surface area (Å²) in [5.41, 5.74) is 4.25. The van der Waals surface area contributed by atoms with Crippen molar-refractivity contribution < 1.29 is 4.48 Å². The fraction of sp³-hybridized carbons (Fsp3) is 0.310. The molecule has 0 atom stereocenters. The van der Waals surface area contributed by atoms with Gasteiger partial charge in [0.2, 0.25) is 0 Å². The second-order valence-electron chi connectivity index (χ2n) is 8.40. The maximum Gasteiger partial charge on any atom is 0.105 e. The van der Waals surface area contributed by atoms with Crippen LogP contribution in [0.4, 0.5) is 0 Å². The lowest BCUT2D eigenvalue weighted by Gasteiger charge is -2.39. The molecule has 0 saturated heterocycles. The summed E-state index contributed by atoms with van der Waals surface area (Å²) in [7, 11) is 0. The molecule has 0 aliphatic heterocycles. The molecule has 0 unspecified atom stereocenters. The van der Waals surface area contributed by atoms with Gasteiger partial charge in [-0.15, -0.1) is 0 Å². The first-order valence-electron chi connectivity index (χ1n) is 11.4. The molecule has 3 rings (SSSR count). The minimum Gasteiger partial charge on any atom is -0.312 e. The molecule has 0 spiro atoms. The SMILES string of the molecule is CCCC/C=C/CC[N+](Cc1ccccc1)(Cc1ccccc1)Cc1ccccc1. The van der Waals surface area contributed by atoms with Gasteiger partial charge in [-0.25, -0.2) is 0 Å². The zero-order valence-corrected chi connectivity index (χ0v) is 18.4. The molecular formula is C29H36N+. The van der Waals surface area contributed by atoms with E-state index in [0.717, 1.165) is 37.1 Å². The van der Waals surface area contributed by atoms with Crippen molar-refractivity contribution in [2.75, 3.05) is 6.54 Å². The second kappa shape index (κ2) is 12.1. The van der Waals surface area contributed by atoms with Crippen molar-refractivity contribution in [2.45, 2.75) is 52.2 Å². The van der Waals surface area contributed by atoms with Crippen molar-refractivity contribution in [3.63, 3.8) is 0 Å². The largest absolute Gasteiger partial charge is 0.312 e. The van der Waals surface area contributed by atoms with Gasteiger partial charge >= 0.3 is 0 Å². The molecule has 0 amide bonds. The molecule has 1 nitrogen and oxygen atoms in total. The van der Waals surface area contributed by atoms with E-state index in [9.17, 15) is 0 Å². The number of quaternary nitrogens is 1. The van der Waals surface area contributed by atoms with Crippen LogP contribution >= 0.6 is 0 Å². The summed E-state index contributed by atoms with van der Waals surface area (Å²) in [6.07, 6.45) is 9.66. The lowest BCUT2D eigenvalue weighted by atomic mass is 10.1. The van der Waals surface area contributed by atoms with Gasteiger partial charge in [-0.1, -0.05) is 123 Å². The summed E-state index contributed by atoms with van der Waals surface area (Å²) >= 11 is 0. The molecule has 30 heavy (non-hydrogen) atoms. The Bertz CT molecular complexity index is 751. The zero-order chi connectivity index (χ0) is 20.9. The van der Waals surface area contributed by atoms with E-state index >= 15 is 0 Å². The predicted molar refractivity (Wildman–Crippen MR) is 129 cm³/mol. The third-order valence-electron chi connectivity index (χ3n) is 5.74. The average Bonchev–Trinajstić information content (AvgIpc) is 2.78. The Morgan fingerprint density at radius 3 is 1.37 bits per heavy atom. The van der Waals surface area contributed by atoms with Crippen LogP contribution in [0.1, 0.15) is 49.3 Å². The van der Waals surface area contributed by atoms with Crippen LogP contribution in [0.25, 0.3) is 0 Å². The maximum atomic E-state index is 2.41. The molecule has 0 heterocycles. The van der Waals surface area contributed by atoms with Crippen LogP contribution in [0.2, 0.25) is 0 Å². The minimum absolute atomic E-state index is 1.04. The van der Waals surface area contributed by atoms with Crippen molar-refractivity contribution >= 4 is 0 Å². The molecular weight excluding hydrogens is 362 g/mol. The van der Waals surface area contributed by atoms with Gasteiger partial charge < -0.3 is 4.48 Å². The van der Waals surface area contributed by atoms with Crippen LogP contribution in [0.5, 0.6) is 0 Å². The number of hydrogen-bond acceptors (Lipinski definition) is 0. The molecule has 0 aromatic heterocycles. The highest BCUT2D eigenvalue weighted by atomic mass is 15.3. The van der Waals surface area contributed by atoms with E-state index in [1.165, 1.54) is 36.0 Å². The highest BCUT2D eigenvalue weighted by Crippen LogP contribution is 2.25. The van der Waals surface area contributed by atoms with Crippen molar-refractivity contribution in [1.29, 1.82) is 0 Å². The minimum atomic E-state index is 1.04. The summed E-state index contributed by atoms with van der Waals surface area (Å²) < 4.78 is 1.04. The summed E-state index contributed by atoms with van der Waals surface area (Å²) in [5, 5.41) is 0. The van der Waals surface area contributed by atoms with Gasteiger partial charge in [0.1, 0.15) is 19.6 Å². The standard InChI is InChI=1S/C29H36N/c1-2-3-4-5-6-16-23-30(24-27-17-10-7-11-18-27,25-28-19-12-8-13-20-28)26-29-21-14-9-15-22-29/h5-15,17-22H,2-4,16,23-26H2,1H3/q+1/b6-5+. The molecule has 0 radical (unpaired) electrons. The van der Waals surface area contributed by atoms with Crippen LogP contribution in [-0.2, 0) is 19.6 Å². The normalized spacial score (nSPS) is 11.8. The smallest absolute Gasteiger partial charge is 0.105 e. The molecule has 3 aromatic rings. The van der Waals surface area contributed by atoms with Crippen LogP contribution in [0.15, 0.2) is 103 Å². The first-order chi connectivity index (χ1) is 14.8. The Balaban J connectivity index is 1.87. The van der Waals surface area contributed by atoms with Crippen molar-refractivity contribution in [1.82, 2.24) is 0 Å². The molecule has 1 heteroatoms. The van der Waals surface area contributed by atoms with Crippen LogP contribution in [0.3, 0.4) is 0 Å². The van der Waals surface area contributed by atoms with Gasteiger partial charge in [0.15, 0.2) is 0 Å². The Labute approximate surface area is 183 Å². The fourth-order valence-electron chi connectivity index (χ4n) is 4.22. The van der Waals surface area contributed by atoms with Crippen LogP contribution < -0.4 is 0 Å². The van der Waals surface area contributed by atoms with E-state index in [0.29, 0.717) is 0 Å². The highest BCUT2D eigenvalue weighted by Gasteiger charge is 2.28. The number of benzene rings is 3. The van der Waals surface area contributed by atoms with Gasteiger partial charge in [-0.2, -0.15) is 0 Å². The van der Waals surface area contributed by atoms with E-state index in [2.05, 4.69) is 110 Å². The van der Waals surface area contributed by atoms with Crippen molar-refractivity contribution in [3.05, 3.63) is 120 Å². The molecule has 0 bridgehead atoms. The molecule has 0 aliphatic carbocycles. The van der Waals surface area contributed by atoms with Crippen molar-refractivity contribution in [3.8, 4) is 0 Å². The first-order valence-corrected chi connectivity index (χ1v) is 11.4.